The van der Waals surface area contributed by atoms with Gasteiger partial charge in [-0.3, -0.25) is 4.79 Å². The lowest BCUT2D eigenvalue weighted by molar-refractivity contribution is -0.320. The van der Waals surface area contributed by atoms with Crippen molar-refractivity contribution in [1.29, 1.82) is 0 Å². The van der Waals surface area contributed by atoms with E-state index in [2.05, 4.69) is 5.32 Å². The lowest BCUT2D eigenvalue weighted by Crippen LogP contribution is -2.66. The number of carbonyl (C=O) groups excluding carboxylic acids is 1. The lowest BCUT2D eigenvalue weighted by atomic mass is 9.95. The Hall–Kier alpha value is -0.970. The Morgan fingerprint density at radius 3 is 2.23 bits per heavy atom. The van der Waals surface area contributed by atoms with Gasteiger partial charge < -0.3 is 61.0 Å². The molecule has 2 aliphatic heterocycles. The third-order valence-electron chi connectivity index (χ3n) is 5.41. The van der Waals surface area contributed by atoms with E-state index in [9.17, 15) is 35.4 Å². The van der Waals surface area contributed by atoms with Crippen LogP contribution in [-0.2, 0) is 19.0 Å². The number of aliphatic hydroxyl groups excluding tert-OH is 6. The predicted octanol–water partition coefficient (Wildman–Crippen LogP) is -4.90. The fourth-order valence-electron chi connectivity index (χ4n) is 3.62. The number of nitrogens with one attached hydrogen (secondary N) is 1. The van der Waals surface area contributed by atoms with Crippen molar-refractivity contribution in [3.05, 3.63) is 0 Å². The number of hydrogen-bond donors (Lipinski definition) is 9. The third kappa shape index (κ3) is 5.89. The molecule has 0 aromatic carbocycles. The molecule has 0 aromatic heterocycles. The molecule has 0 saturated carbocycles. The molecule has 2 aliphatic rings. The van der Waals surface area contributed by atoms with E-state index in [1.54, 1.807) is 0 Å². The van der Waals surface area contributed by atoms with Crippen LogP contribution in [0.1, 0.15) is 20.3 Å². The van der Waals surface area contributed by atoms with Gasteiger partial charge in [0, 0.05) is 0 Å². The van der Waals surface area contributed by atoms with E-state index in [0.29, 0.717) is 6.42 Å². The first-order valence-corrected chi connectivity index (χ1v) is 10.1. The molecule has 2 heterocycles. The van der Waals surface area contributed by atoms with Crippen LogP contribution in [0, 0.1) is 5.92 Å². The number of ether oxygens (including phenoxy) is 3. The maximum absolute atomic E-state index is 12.4. The van der Waals surface area contributed by atoms with E-state index in [-0.39, 0.29) is 5.92 Å². The molecule has 31 heavy (non-hydrogen) atoms. The fraction of sp³-hybridized carbons (Fsp3) is 0.944. The van der Waals surface area contributed by atoms with Gasteiger partial charge in [0.15, 0.2) is 6.29 Å². The predicted molar refractivity (Wildman–Crippen MR) is 102 cm³/mol. The maximum Gasteiger partial charge on any atom is 0.237 e. The van der Waals surface area contributed by atoms with Crippen LogP contribution in [0.25, 0.3) is 0 Å². The van der Waals surface area contributed by atoms with E-state index in [1.807, 2.05) is 13.8 Å². The summed E-state index contributed by atoms with van der Waals surface area (Å²) < 4.78 is 15.6. The van der Waals surface area contributed by atoms with Crippen LogP contribution in [-0.4, -0.2) is 122 Å². The SMILES string of the molecule is CC(C)C[C@H](N)C(=O)N[C@@H]1[C@H](O)[C@@H](CO)OC(OC[C@@]2(O)O[C@H](CO)[C@@H](O)[C@@H]2O)[C@@H]1O. The Morgan fingerprint density at radius 2 is 1.71 bits per heavy atom. The summed E-state index contributed by atoms with van der Waals surface area (Å²) in [4.78, 5) is 12.4. The van der Waals surface area contributed by atoms with Gasteiger partial charge in [-0.25, -0.2) is 0 Å². The summed E-state index contributed by atoms with van der Waals surface area (Å²) in [5.41, 5.74) is 5.83. The van der Waals surface area contributed by atoms with Crippen molar-refractivity contribution in [3.63, 3.8) is 0 Å². The quantitative estimate of drug-likeness (QED) is 0.160. The Kier molecular flexibility index (Phi) is 9.13. The van der Waals surface area contributed by atoms with Crippen LogP contribution in [0.3, 0.4) is 0 Å². The largest absolute Gasteiger partial charge is 0.394 e. The van der Waals surface area contributed by atoms with Crippen molar-refractivity contribution >= 4 is 5.91 Å². The van der Waals surface area contributed by atoms with Gasteiger partial charge in [0.05, 0.1) is 25.3 Å². The minimum atomic E-state index is -2.42. The second-order valence-corrected chi connectivity index (χ2v) is 8.41. The molecule has 1 amide bonds. The van der Waals surface area contributed by atoms with Gasteiger partial charge in [0.2, 0.25) is 11.7 Å². The molecule has 13 heteroatoms. The fourth-order valence-corrected chi connectivity index (χ4v) is 3.62. The van der Waals surface area contributed by atoms with Crippen LogP contribution >= 0.6 is 0 Å². The zero-order valence-corrected chi connectivity index (χ0v) is 17.4. The minimum Gasteiger partial charge on any atom is -0.394 e. The molecule has 13 nitrogen and oxygen atoms in total. The number of aliphatic hydroxyl groups is 7. The number of hydrogen-bond acceptors (Lipinski definition) is 12. The molecular weight excluding hydrogens is 420 g/mol. The first-order chi connectivity index (χ1) is 14.4. The van der Waals surface area contributed by atoms with Gasteiger partial charge in [-0.2, -0.15) is 0 Å². The van der Waals surface area contributed by atoms with Gasteiger partial charge in [0.25, 0.3) is 0 Å². The molecule has 2 rings (SSSR count). The van der Waals surface area contributed by atoms with Gasteiger partial charge in [-0.1, -0.05) is 13.8 Å². The molecule has 1 unspecified atom stereocenters. The van der Waals surface area contributed by atoms with Gasteiger partial charge in [0.1, 0.15) is 43.2 Å². The summed E-state index contributed by atoms with van der Waals surface area (Å²) in [7, 11) is 0. The normalized spacial score (nSPS) is 42.0. The van der Waals surface area contributed by atoms with Crippen molar-refractivity contribution in [3.8, 4) is 0 Å². The minimum absolute atomic E-state index is 0.128. The maximum atomic E-state index is 12.4. The highest BCUT2D eigenvalue weighted by Crippen LogP contribution is 2.31. The molecule has 0 aromatic rings. The summed E-state index contributed by atoms with van der Waals surface area (Å²) in [6.45, 7) is 1.60. The lowest BCUT2D eigenvalue weighted by Gasteiger charge is -2.43. The highest BCUT2D eigenvalue weighted by Gasteiger charge is 2.54. The molecule has 10 atom stereocenters. The third-order valence-corrected chi connectivity index (χ3v) is 5.41. The van der Waals surface area contributed by atoms with Gasteiger partial charge >= 0.3 is 0 Å². The zero-order valence-electron chi connectivity index (χ0n) is 17.4. The highest BCUT2D eigenvalue weighted by molar-refractivity contribution is 5.81. The second kappa shape index (κ2) is 10.8. The van der Waals surface area contributed by atoms with Crippen molar-refractivity contribution in [2.75, 3.05) is 19.8 Å². The van der Waals surface area contributed by atoms with Crippen molar-refractivity contribution in [2.45, 2.75) is 81.1 Å². The number of amides is 1. The van der Waals surface area contributed by atoms with E-state index in [4.69, 9.17) is 25.1 Å². The van der Waals surface area contributed by atoms with Gasteiger partial charge in [-0.15, -0.1) is 0 Å². The van der Waals surface area contributed by atoms with Crippen LogP contribution in [0.5, 0.6) is 0 Å². The first kappa shape index (κ1) is 26.3. The van der Waals surface area contributed by atoms with Gasteiger partial charge in [-0.05, 0) is 12.3 Å². The molecule has 0 aliphatic carbocycles. The summed E-state index contributed by atoms with van der Waals surface area (Å²) in [6.07, 6.45) is -10.3. The highest BCUT2D eigenvalue weighted by atomic mass is 16.7. The standard InChI is InChI=1S/C18H34N2O11/c1-7(2)3-8(19)16(27)20-11-12(23)9(4-21)30-17(14(11)25)29-6-18(28)15(26)13(24)10(5-22)31-18/h7-15,17,21-26,28H,3-6,19H2,1-2H3,(H,20,27)/t8-,9+,10+,11+,12+,13+,14+,15-,17?,18+/m0/s1. The Labute approximate surface area is 179 Å². The summed E-state index contributed by atoms with van der Waals surface area (Å²) in [5, 5.41) is 72.2. The van der Waals surface area contributed by atoms with Crippen molar-refractivity contribution < 1.29 is 54.8 Å². The van der Waals surface area contributed by atoms with E-state index in [0.717, 1.165) is 0 Å². The smallest absolute Gasteiger partial charge is 0.237 e. The first-order valence-electron chi connectivity index (χ1n) is 10.1. The number of nitrogens with two attached hydrogens (primary N) is 1. The van der Waals surface area contributed by atoms with E-state index < -0.39 is 86.5 Å². The Balaban J connectivity index is 2.07. The van der Waals surface area contributed by atoms with E-state index >= 15 is 0 Å². The second-order valence-electron chi connectivity index (χ2n) is 8.41. The zero-order chi connectivity index (χ0) is 23.5. The summed E-state index contributed by atoms with van der Waals surface area (Å²) in [5.74, 6) is -2.92. The molecule has 0 spiro atoms. The topological polar surface area (TPSA) is 224 Å². The monoisotopic (exact) mass is 454 g/mol. The molecule has 0 bridgehead atoms. The van der Waals surface area contributed by atoms with Crippen LogP contribution in [0.15, 0.2) is 0 Å². The molecular formula is C18H34N2O11. The van der Waals surface area contributed by atoms with Crippen molar-refractivity contribution in [2.24, 2.45) is 11.7 Å². The average Bonchev–Trinajstić information content (AvgIpc) is 2.93. The van der Waals surface area contributed by atoms with Crippen molar-refractivity contribution in [1.82, 2.24) is 5.32 Å². The van der Waals surface area contributed by atoms with E-state index in [1.165, 1.54) is 0 Å². The van der Waals surface area contributed by atoms with Crippen LogP contribution < -0.4 is 11.1 Å². The summed E-state index contributed by atoms with van der Waals surface area (Å²) in [6, 6.07) is -2.21. The Morgan fingerprint density at radius 1 is 1.10 bits per heavy atom. The Bertz CT molecular complexity index is 597. The molecule has 10 N–H and O–H groups in total. The molecule has 0 radical (unpaired) electrons. The molecule has 182 valence electrons. The summed E-state index contributed by atoms with van der Waals surface area (Å²) >= 11 is 0. The number of rotatable bonds is 9. The van der Waals surface area contributed by atoms with Crippen LogP contribution in [0.2, 0.25) is 0 Å². The molecule has 2 saturated heterocycles. The van der Waals surface area contributed by atoms with Crippen LogP contribution in [0.4, 0.5) is 0 Å². The molecule has 2 fully saturated rings. The average molecular weight is 454 g/mol. The number of carbonyl (C=O) groups is 1.